The van der Waals surface area contributed by atoms with E-state index in [-0.39, 0.29) is 23.8 Å². The maximum absolute atomic E-state index is 13.3. The summed E-state index contributed by atoms with van der Waals surface area (Å²) >= 11 is 0. The van der Waals surface area contributed by atoms with E-state index in [1.165, 1.54) is 0 Å². The van der Waals surface area contributed by atoms with Crippen LogP contribution < -0.4 is 5.32 Å². The highest BCUT2D eigenvalue weighted by atomic mass is 16.2. The van der Waals surface area contributed by atoms with Gasteiger partial charge in [0.2, 0.25) is 11.8 Å². The lowest BCUT2D eigenvalue weighted by atomic mass is 9.72. The Kier molecular flexibility index (Phi) is 6.12. The van der Waals surface area contributed by atoms with Crippen LogP contribution in [0.25, 0.3) is 11.1 Å². The molecule has 31 heavy (non-hydrogen) atoms. The number of rotatable bonds is 6. The Hall–Kier alpha value is -2.69. The fourth-order valence-corrected chi connectivity index (χ4v) is 4.71. The number of aromatic nitrogens is 1. The summed E-state index contributed by atoms with van der Waals surface area (Å²) in [4.78, 5) is 32.0. The largest absolute Gasteiger partial charge is 0.353 e. The predicted octanol–water partition coefficient (Wildman–Crippen LogP) is 4.08. The Morgan fingerprint density at radius 1 is 1.06 bits per heavy atom. The molecule has 2 amide bonds. The molecule has 1 aliphatic carbocycles. The Bertz CT molecular complexity index is 915. The minimum absolute atomic E-state index is 0.102. The van der Waals surface area contributed by atoms with Crippen molar-refractivity contribution >= 4 is 11.8 Å². The molecule has 1 N–H and O–H groups in total. The van der Waals surface area contributed by atoms with Crippen molar-refractivity contribution in [3.05, 3.63) is 54.4 Å². The summed E-state index contributed by atoms with van der Waals surface area (Å²) in [6, 6.07) is 12.6. The van der Waals surface area contributed by atoms with E-state index < -0.39 is 5.41 Å². The molecule has 0 radical (unpaired) electrons. The van der Waals surface area contributed by atoms with Gasteiger partial charge in [-0.2, -0.15) is 0 Å². The van der Waals surface area contributed by atoms with E-state index in [0.717, 1.165) is 23.1 Å². The molecule has 1 aliphatic heterocycles. The van der Waals surface area contributed by atoms with Crippen molar-refractivity contribution in [1.82, 2.24) is 15.2 Å². The third-order valence-corrected chi connectivity index (χ3v) is 6.87. The van der Waals surface area contributed by atoms with E-state index >= 15 is 0 Å². The van der Waals surface area contributed by atoms with Crippen molar-refractivity contribution in [2.45, 2.75) is 52.5 Å². The van der Waals surface area contributed by atoms with Gasteiger partial charge in [0.25, 0.3) is 0 Å². The van der Waals surface area contributed by atoms with Crippen LogP contribution in [0.5, 0.6) is 0 Å². The van der Waals surface area contributed by atoms with Gasteiger partial charge in [-0.3, -0.25) is 14.6 Å². The first-order valence-corrected chi connectivity index (χ1v) is 11.5. The highest BCUT2D eigenvalue weighted by Gasteiger charge is 2.46. The number of hydrogen-bond acceptors (Lipinski definition) is 3. The fraction of sp³-hybridized carbons (Fsp3) is 0.500. The average molecular weight is 420 g/mol. The van der Waals surface area contributed by atoms with Gasteiger partial charge in [-0.25, -0.2) is 0 Å². The molecular formula is C26H33N3O2. The number of carbonyl (C=O) groups is 2. The average Bonchev–Trinajstić information content (AvgIpc) is 3.51. The van der Waals surface area contributed by atoms with Gasteiger partial charge in [0.1, 0.15) is 0 Å². The van der Waals surface area contributed by atoms with E-state index in [4.69, 9.17) is 0 Å². The van der Waals surface area contributed by atoms with Crippen molar-refractivity contribution in [2.75, 3.05) is 13.1 Å². The maximum Gasteiger partial charge on any atom is 0.226 e. The quantitative estimate of drug-likeness (QED) is 0.767. The summed E-state index contributed by atoms with van der Waals surface area (Å²) in [5.74, 6) is 1.12. The molecular weight excluding hydrogens is 386 g/mol. The van der Waals surface area contributed by atoms with Gasteiger partial charge >= 0.3 is 0 Å². The first kappa shape index (κ1) is 21.5. The van der Waals surface area contributed by atoms with Crippen LogP contribution in [0.1, 0.15) is 45.6 Å². The van der Waals surface area contributed by atoms with Crippen LogP contribution in [0.4, 0.5) is 0 Å². The number of piperidine rings is 1. The standard InChI is InChI=1S/C26H33N3O2/c1-18(2)28-25(31)26(10-14-29(15-11-26)24(30)23-16-19(23)3)17-20-4-6-21(7-5-20)22-8-12-27-13-9-22/h4-9,12-13,18-19,23H,10-11,14-17H2,1-3H3,(H,28,31)/t19-,23-/m0/s1. The van der Waals surface area contributed by atoms with Crippen LogP contribution >= 0.6 is 0 Å². The Morgan fingerprint density at radius 3 is 2.19 bits per heavy atom. The molecule has 1 saturated heterocycles. The van der Waals surface area contributed by atoms with E-state index in [2.05, 4.69) is 41.5 Å². The molecule has 1 saturated carbocycles. The van der Waals surface area contributed by atoms with Crippen molar-refractivity contribution in [1.29, 1.82) is 0 Å². The second kappa shape index (κ2) is 8.81. The second-order valence-corrected chi connectivity index (χ2v) is 9.66. The zero-order valence-corrected chi connectivity index (χ0v) is 18.8. The van der Waals surface area contributed by atoms with Crippen molar-refractivity contribution < 1.29 is 9.59 Å². The lowest BCUT2D eigenvalue weighted by molar-refractivity contribution is -0.141. The molecule has 4 rings (SSSR count). The molecule has 2 heterocycles. The SMILES string of the molecule is CC(C)NC(=O)C1(Cc2ccc(-c3ccncc3)cc2)CCN(C(=O)[C@H]2C[C@@H]2C)CC1. The van der Waals surface area contributed by atoms with Gasteiger partial charge in [-0.15, -0.1) is 0 Å². The zero-order chi connectivity index (χ0) is 22.0. The normalized spacial score (nSPS) is 22.3. The summed E-state index contributed by atoms with van der Waals surface area (Å²) < 4.78 is 0. The highest BCUT2D eigenvalue weighted by Crippen LogP contribution is 2.42. The molecule has 1 aromatic carbocycles. The molecule has 0 bridgehead atoms. The van der Waals surface area contributed by atoms with Gasteiger partial charge in [0, 0.05) is 37.4 Å². The first-order chi connectivity index (χ1) is 14.9. The third-order valence-electron chi connectivity index (χ3n) is 6.87. The lowest BCUT2D eigenvalue weighted by Crippen LogP contribution is -2.52. The highest BCUT2D eigenvalue weighted by molar-refractivity contribution is 5.85. The van der Waals surface area contributed by atoms with Crippen LogP contribution in [-0.4, -0.2) is 40.8 Å². The van der Waals surface area contributed by atoms with E-state index in [1.807, 2.05) is 30.9 Å². The molecule has 0 unspecified atom stereocenters. The monoisotopic (exact) mass is 419 g/mol. The van der Waals surface area contributed by atoms with Gasteiger partial charge in [0.05, 0.1) is 5.41 Å². The van der Waals surface area contributed by atoms with Gasteiger partial charge in [-0.1, -0.05) is 31.2 Å². The predicted molar refractivity (Wildman–Crippen MR) is 122 cm³/mol. The smallest absolute Gasteiger partial charge is 0.226 e. The number of benzene rings is 1. The minimum atomic E-state index is -0.464. The molecule has 2 aliphatic rings. The van der Waals surface area contributed by atoms with Gasteiger partial charge < -0.3 is 10.2 Å². The van der Waals surface area contributed by atoms with Crippen molar-refractivity contribution in [3.8, 4) is 11.1 Å². The summed E-state index contributed by atoms with van der Waals surface area (Å²) in [7, 11) is 0. The van der Waals surface area contributed by atoms with Crippen LogP contribution in [0.15, 0.2) is 48.8 Å². The summed E-state index contributed by atoms with van der Waals surface area (Å²) in [6.45, 7) is 7.48. The molecule has 2 atom stereocenters. The van der Waals surface area contributed by atoms with E-state index in [0.29, 0.717) is 38.3 Å². The zero-order valence-electron chi connectivity index (χ0n) is 18.8. The Balaban J connectivity index is 1.49. The molecule has 0 spiro atoms. The van der Waals surface area contributed by atoms with Crippen molar-refractivity contribution in [2.24, 2.45) is 17.3 Å². The molecule has 2 fully saturated rings. The summed E-state index contributed by atoms with van der Waals surface area (Å²) in [5.41, 5.74) is 2.97. The number of nitrogens with zero attached hydrogens (tertiary/aromatic N) is 2. The molecule has 164 valence electrons. The number of hydrogen-bond donors (Lipinski definition) is 1. The maximum atomic E-state index is 13.3. The molecule has 5 nitrogen and oxygen atoms in total. The van der Waals surface area contributed by atoms with E-state index in [1.54, 1.807) is 12.4 Å². The second-order valence-electron chi connectivity index (χ2n) is 9.66. The van der Waals surface area contributed by atoms with Gasteiger partial charge in [-0.05, 0) is 74.3 Å². The molecule has 5 heteroatoms. The fourth-order valence-electron chi connectivity index (χ4n) is 4.71. The number of amides is 2. The molecule has 1 aromatic heterocycles. The lowest BCUT2D eigenvalue weighted by Gasteiger charge is -2.41. The van der Waals surface area contributed by atoms with Crippen LogP contribution in [0, 0.1) is 17.3 Å². The topological polar surface area (TPSA) is 62.3 Å². The van der Waals surface area contributed by atoms with Crippen LogP contribution in [-0.2, 0) is 16.0 Å². The Morgan fingerprint density at radius 2 is 1.65 bits per heavy atom. The summed E-state index contributed by atoms with van der Waals surface area (Å²) in [6.07, 6.45) is 6.73. The number of pyridine rings is 1. The van der Waals surface area contributed by atoms with Crippen LogP contribution in [0.2, 0.25) is 0 Å². The first-order valence-electron chi connectivity index (χ1n) is 11.5. The van der Waals surface area contributed by atoms with Crippen LogP contribution in [0.3, 0.4) is 0 Å². The number of likely N-dealkylation sites (tertiary alicyclic amines) is 1. The Labute approximate surface area is 185 Å². The third kappa shape index (κ3) is 4.81. The van der Waals surface area contributed by atoms with E-state index in [9.17, 15) is 9.59 Å². The summed E-state index contributed by atoms with van der Waals surface area (Å²) in [5, 5.41) is 3.15. The minimum Gasteiger partial charge on any atom is -0.353 e. The number of nitrogens with one attached hydrogen (secondary N) is 1. The van der Waals surface area contributed by atoms with Gasteiger partial charge in [0.15, 0.2) is 0 Å². The molecule has 2 aromatic rings. The number of carbonyl (C=O) groups excluding carboxylic acids is 2. The van der Waals surface area contributed by atoms with Crippen molar-refractivity contribution in [3.63, 3.8) is 0 Å².